The highest BCUT2D eigenvalue weighted by Gasteiger charge is 2.11. The minimum Gasteiger partial charge on any atom is -0.313 e. The predicted octanol–water partition coefficient (Wildman–Crippen LogP) is 3.01. The second kappa shape index (κ2) is 5.76. The predicted molar refractivity (Wildman–Crippen MR) is 85.9 cm³/mol. The summed E-state index contributed by atoms with van der Waals surface area (Å²) in [7, 11) is 1.93. The van der Waals surface area contributed by atoms with Gasteiger partial charge in [0.05, 0.1) is 11.0 Å². The van der Waals surface area contributed by atoms with Gasteiger partial charge in [0, 0.05) is 11.1 Å². The van der Waals surface area contributed by atoms with Crippen molar-refractivity contribution < 1.29 is 0 Å². The maximum Gasteiger partial charge on any atom is 0.323 e. The van der Waals surface area contributed by atoms with Crippen LogP contribution in [0.4, 0.5) is 0 Å². The molecule has 2 aromatic carbocycles. The topological polar surface area (TPSA) is 60.7 Å². The fourth-order valence-electron chi connectivity index (χ4n) is 2.55. The molecule has 3 rings (SSSR count). The van der Waals surface area contributed by atoms with E-state index in [-0.39, 0.29) is 11.7 Å². The van der Waals surface area contributed by atoms with Crippen LogP contribution >= 0.6 is 11.6 Å². The van der Waals surface area contributed by atoms with Crippen LogP contribution in [0.2, 0.25) is 5.02 Å². The molecule has 0 saturated carbocycles. The summed E-state index contributed by atoms with van der Waals surface area (Å²) in [5.41, 5.74) is 3.76. The minimum atomic E-state index is -0.182. The van der Waals surface area contributed by atoms with E-state index in [0.717, 1.165) is 28.0 Å². The molecule has 3 aromatic rings. The molecular formula is C16H16ClN3O. The zero-order chi connectivity index (χ0) is 14.8. The Balaban J connectivity index is 1.92. The van der Waals surface area contributed by atoms with Crippen LogP contribution in [0, 0.1) is 0 Å². The smallest absolute Gasteiger partial charge is 0.313 e. The third-order valence-corrected chi connectivity index (χ3v) is 3.85. The Morgan fingerprint density at radius 3 is 2.71 bits per heavy atom. The minimum absolute atomic E-state index is 0.159. The Morgan fingerprint density at radius 2 is 1.95 bits per heavy atom. The van der Waals surface area contributed by atoms with E-state index in [9.17, 15) is 4.79 Å². The highest BCUT2D eigenvalue weighted by Crippen LogP contribution is 2.22. The standard InChI is InChI=1S/C16H16ClN3O/c1-18-14(8-10-3-2-4-12(17)7-10)11-5-6-13-15(9-11)20-16(21)19-13/h2-7,9,14,18H,8H2,1H3,(H2,19,20,21). The largest absolute Gasteiger partial charge is 0.323 e. The number of fused-ring (bicyclic) bond motifs is 1. The van der Waals surface area contributed by atoms with Crippen LogP contribution in [0.1, 0.15) is 17.2 Å². The van der Waals surface area contributed by atoms with E-state index < -0.39 is 0 Å². The van der Waals surface area contributed by atoms with E-state index in [1.54, 1.807) is 0 Å². The lowest BCUT2D eigenvalue weighted by atomic mass is 9.98. The van der Waals surface area contributed by atoms with Crippen molar-refractivity contribution in [2.24, 2.45) is 0 Å². The molecule has 0 fully saturated rings. The van der Waals surface area contributed by atoms with E-state index in [2.05, 4.69) is 21.4 Å². The summed E-state index contributed by atoms with van der Waals surface area (Å²) in [4.78, 5) is 16.9. The number of aromatic amines is 2. The van der Waals surface area contributed by atoms with Crippen LogP contribution in [0.25, 0.3) is 11.0 Å². The van der Waals surface area contributed by atoms with E-state index >= 15 is 0 Å². The molecule has 0 saturated heterocycles. The summed E-state index contributed by atoms with van der Waals surface area (Å²) in [6, 6.07) is 14.0. The molecule has 0 radical (unpaired) electrons. The van der Waals surface area contributed by atoms with Gasteiger partial charge in [-0.1, -0.05) is 29.8 Å². The molecule has 0 aliphatic carbocycles. The second-order valence-electron chi connectivity index (χ2n) is 5.06. The third-order valence-electron chi connectivity index (χ3n) is 3.62. The summed E-state index contributed by atoms with van der Waals surface area (Å²) < 4.78 is 0. The average Bonchev–Trinajstić information content (AvgIpc) is 2.84. The Morgan fingerprint density at radius 1 is 1.14 bits per heavy atom. The number of imidazole rings is 1. The summed E-state index contributed by atoms with van der Waals surface area (Å²) in [5, 5.41) is 4.06. The van der Waals surface area contributed by atoms with Crippen LogP contribution < -0.4 is 11.0 Å². The number of hydrogen-bond donors (Lipinski definition) is 3. The Kier molecular flexibility index (Phi) is 3.82. The van der Waals surface area contributed by atoms with E-state index in [4.69, 9.17) is 11.6 Å². The van der Waals surface area contributed by atoms with Crippen LogP contribution in [0.3, 0.4) is 0 Å². The first kappa shape index (κ1) is 13.9. The summed E-state index contributed by atoms with van der Waals surface area (Å²) >= 11 is 6.03. The highest BCUT2D eigenvalue weighted by molar-refractivity contribution is 6.30. The molecule has 0 bridgehead atoms. The molecule has 0 spiro atoms. The van der Waals surface area contributed by atoms with Gasteiger partial charge in [-0.2, -0.15) is 0 Å². The number of nitrogens with one attached hydrogen (secondary N) is 3. The molecule has 3 N–H and O–H groups in total. The molecule has 1 unspecified atom stereocenters. The monoisotopic (exact) mass is 301 g/mol. The first-order valence-corrected chi connectivity index (χ1v) is 7.17. The Hall–Kier alpha value is -2.04. The molecule has 0 aliphatic heterocycles. The number of rotatable bonds is 4. The van der Waals surface area contributed by atoms with Crippen molar-refractivity contribution in [1.82, 2.24) is 15.3 Å². The molecular weight excluding hydrogens is 286 g/mol. The third kappa shape index (κ3) is 3.01. The molecule has 4 nitrogen and oxygen atoms in total. The molecule has 21 heavy (non-hydrogen) atoms. The quantitative estimate of drug-likeness (QED) is 0.694. The molecule has 0 amide bonds. The number of likely N-dealkylation sites (N-methyl/N-ethyl adjacent to an activating group) is 1. The van der Waals surface area contributed by atoms with Crippen molar-refractivity contribution in [3.8, 4) is 0 Å². The van der Waals surface area contributed by atoms with E-state index in [1.165, 1.54) is 5.56 Å². The van der Waals surface area contributed by atoms with Gasteiger partial charge in [0.2, 0.25) is 0 Å². The van der Waals surface area contributed by atoms with Gasteiger partial charge in [-0.3, -0.25) is 0 Å². The van der Waals surface area contributed by atoms with Gasteiger partial charge < -0.3 is 15.3 Å². The maximum absolute atomic E-state index is 11.3. The molecule has 1 heterocycles. The summed E-state index contributed by atoms with van der Waals surface area (Å²) in [6.07, 6.45) is 0.831. The molecule has 1 aromatic heterocycles. The van der Waals surface area contributed by atoms with Crippen molar-refractivity contribution >= 4 is 22.6 Å². The zero-order valence-corrected chi connectivity index (χ0v) is 12.4. The van der Waals surface area contributed by atoms with Gasteiger partial charge in [-0.05, 0) is 48.9 Å². The fourth-order valence-corrected chi connectivity index (χ4v) is 2.77. The highest BCUT2D eigenvalue weighted by atomic mass is 35.5. The van der Waals surface area contributed by atoms with Crippen molar-refractivity contribution in [3.63, 3.8) is 0 Å². The van der Waals surface area contributed by atoms with Crippen molar-refractivity contribution in [2.75, 3.05) is 7.05 Å². The number of H-pyrrole nitrogens is 2. The normalized spacial score (nSPS) is 12.7. The van der Waals surface area contributed by atoms with Crippen molar-refractivity contribution in [1.29, 1.82) is 0 Å². The average molecular weight is 302 g/mol. The zero-order valence-electron chi connectivity index (χ0n) is 11.6. The lowest BCUT2D eigenvalue weighted by Gasteiger charge is -2.17. The number of hydrogen-bond acceptors (Lipinski definition) is 2. The van der Waals surface area contributed by atoms with Crippen molar-refractivity contribution in [2.45, 2.75) is 12.5 Å². The van der Waals surface area contributed by atoms with E-state index in [1.807, 2.05) is 43.4 Å². The van der Waals surface area contributed by atoms with Crippen LogP contribution in [-0.2, 0) is 6.42 Å². The second-order valence-corrected chi connectivity index (χ2v) is 5.50. The van der Waals surface area contributed by atoms with Gasteiger partial charge in [0.25, 0.3) is 0 Å². The number of benzene rings is 2. The number of aromatic nitrogens is 2. The van der Waals surface area contributed by atoms with Crippen LogP contribution in [-0.4, -0.2) is 17.0 Å². The Bertz CT molecular complexity index is 822. The summed E-state index contributed by atoms with van der Waals surface area (Å²) in [6.45, 7) is 0. The molecule has 0 aliphatic rings. The molecule has 5 heteroatoms. The summed E-state index contributed by atoms with van der Waals surface area (Å²) in [5.74, 6) is 0. The SMILES string of the molecule is CNC(Cc1cccc(Cl)c1)c1ccc2[nH]c(=O)[nH]c2c1. The molecule has 1 atom stereocenters. The number of halogens is 1. The maximum atomic E-state index is 11.3. The Labute approximate surface area is 127 Å². The van der Waals surface area contributed by atoms with Crippen LogP contribution in [0.5, 0.6) is 0 Å². The van der Waals surface area contributed by atoms with Gasteiger partial charge in [0.1, 0.15) is 0 Å². The van der Waals surface area contributed by atoms with Gasteiger partial charge in [-0.25, -0.2) is 4.79 Å². The van der Waals surface area contributed by atoms with Gasteiger partial charge in [0.15, 0.2) is 0 Å². The fraction of sp³-hybridized carbons (Fsp3) is 0.188. The lowest BCUT2D eigenvalue weighted by Crippen LogP contribution is -2.18. The first-order chi connectivity index (χ1) is 10.2. The lowest BCUT2D eigenvalue weighted by molar-refractivity contribution is 0.592. The van der Waals surface area contributed by atoms with Gasteiger partial charge in [-0.15, -0.1) is 0 Å². The first-order valence-electron chi connectivity index (χ1n) is 6.79. The van der Waals surface area contributed by atoms with Crippen LogP contribution in [0.15, 0.2) is 47.3 Å². The van der Waals surface area contributed by atoms with E-state index in [0.29, 0.717) is 0 Å². The molecule has 108 valence electrons. The van der Waals surface area contributed by atoms with Crippen molar-refractivity contribution in [3.05, 3.63) is 69.1 Å². The van der Waals surface area contributed by atoms with Gasteiger partial charge >= 0.3 is 5.69 Å².